The summed E-state index contributed by atoms with van der Waals surface area (Å²) in [5.74, 6) is -0.345. The summed E-state index contributed by atoms with van der Waals surface area (Å²) in [4.78, 5) is 27.2. The van der Waals surface area contributed by atoms with Crippen molar-refractivity contribution in [3.8, 4) is 11.5 Å². The maximum Gasteiger partial charge on any atom is 0.295 e. The number of nitrogens with one attached hydrogen (secondary N) is 2. The normalized spacial score (nSPS) is 14.3. The zero-order valence-electron chi connectivity index (χ0n) is 21.9. The van der Waals surface area contributed by atoms with Gasteiger partial charge in [0.25, 0.3) is 11.9 Å². The highest BCUT2D eigenvalue weighted by molar-refractivity contribution is 6.07. The molecule has 204 valence electrons. The number of likely N-dealkylation sites (tertiary alicyclic amines) is 1. The van der Waals surface area contributed by atoms with Crippen molar-refractivity contribution in [3.05, 3.63) is 66.0 Å². The molecular weight excluding hydrogens is 503 g/mol. The first-order valence-electron chi connectivity index (χ1n) is 13.1. The van der Waals surface area contributed by atoms with E-state index in [9.17, 15) is 9.18 Å². The summed E-state index contributed by atoms with van der Waals surface area (Å²) in [6.07, 6.45) is 6.04. The maximum absolute atomic E-state index is 14.6. The lowest BCUT2D eigenvalue weighted by atomic mass is 10.0. The van der Waals surface area contributed by atoms with Crippen LogP contribution in [0.5, 0.6) is 11.5 Å². The molecule has 1 aliphatic heterocycles. The molecule has 2 aromatic carbocycles. The van der Waals surface area contributed by atoms with Crippen LogP contribution in [0.1, 0.15) is 42.6 Å². The fourth-order valence-corrected chi connectivity index (χ4v) is 4.63. The number of nitrogens with zero attached hydrogens (tertiary/aromatic N) is 4. The number of benzene rings is 2. The van der Waals surface area contributed by atoms with E-state index in [0.29, 0.717) is 48.1 Å². The van der Waals surface area contributed by atoms with Crippen LogP contribution in [0.3, 0.4) is 0 Å². The van der Waals surface area contributed by atoms with Gasteiger partial charge in [-0.3, -0.25) is 9.69 Å². The molecule has 2 N–H and O–H groups in total. The van der Waals surface area contributed by atoms with Gasteiger partial charge in [0.1, 0.15) is 11.8 Å². The molecule has 1 saturated heterocycles. The van der Waals surface area contributed by atoms with Crippen LogP contribution >= 0.6 is 0 Å². The zero-order valence-corrected chi connectivity index (χ0v) is 21.9. The van der Waals surface area contributed by atoms with Crippen molar-refractivity contribution in [2.75, 3.05) is 36.9 Å². The molecule has 0 radical (unpaired) electrons. The summed E-state index contributed by atoms with van der Waals surface area (Å²) >= 11 is 0. The molecular formula is C28H31FN6O4. The fourth-order valence-electron chi connectivity index (χ4n) is 4.63. The van der Waals surface area contributed by atoms with Crippen molar-refractivity contribution in [1.82, 2.24) is 19.9 Å². The van der Waals surface area contributed by atoms with Crippen molar-refractivity contribution in [1.29, 1.82) is 0 Å². The molecule has 0 aliphatic carbocycles. The number of para-hydroxylation sites is 1. The Hall–Kier alpha value is -4.25. The largest absolute Gasteiger partial charge is 0.491 e. The summed E-state index contributed by atoms with van der Waals surface area (Å²) in [6.45, 7) is 6.80. The lowest BCUT2D eigenvalue weighted by Gasteiger charge is -2.32. The predicted molar refractivity (Wildman–Crippen MR) is 145 cm³/mol. The van der Waals surface area contributed by atoms with Gasteiger partial charge in [-0.05, 0) is 56.5 Å². The fraction of sp³-hybridized carbons (Fsp3) is 0.357. The molecule has 11 heteroatoms. The Morgan fingerprint density at radius 3 is 2.46 bits per heavy atom. The van der Waals surface area contributed by atoms with E-state index in [1.165, 1.54) is 18.7 Å². The summed E-state index contributed by atoms with van der Waals surface area (Å²) in [5, 5.41) is 6.25. The van der Waals surface area contributed by atoms with Gasteiger partial charge in [-0.25, -0.2) is 9.97 Å². The Kier molecular flexibility index (Phi) is 8.16. The lowest BCUT2D eigenvalue weighted by Crippen LogP contribution is -2.38. The SMILES string of the molecule is CCOc1cc(CN2CCC(Nc3nc4cccc(NC(=O)c5cncnc5)c4o3)CC2)cc(OCC)c1F. The second kappa shape index (κ2) is 12.1. The van der Waals surface area contributed by atoms with E-state index < -0.39 is 5.82 Å². The second-order valence-corrected chi connectivity index (χ2v) is 9.22. The number of aromatic nitrogens is 3. The molecule has 0 unspecified atom stereocenters. The van der Waals surface area contributed by atoms with E-state index in [1.807, 2.05) is 26.0 Å². The van der Waals surface area contributed by atoms with E-state index in [2.05, 4.69) is 30.5 Å². The van der Waals surface area contributed by atoms with Crippen LogP contribution in [-0.4, -0.2) is 58.1 Å². The number of hydrogen-bond acceptors (Lipinski definition) is 9. The number of halogens is 1. The first-order valence-corrected chi connectivity index (χ1v) is 13.1. The second-order valence-electron chi connectivity index (χ2n) is 9.22. The number of hydrogen-bond donors (Lipinski definition) is 2. The number of fused-ring (bicyclic) bond motifs is 1. The van der Waals surface area contributed by atoms with Gasteiger partial charge in [0, 0.05) is 38.1 Å². The number of amides is 1. The van der Waals surface area contributed by atoms with E-state index in [4.69, 9.17) is 13.9 Å². The summed E-state index contributed by atoms with van der Waals surface area (Å²) < 4.78 is 31.6. The van der Waals surface area contributed by atoms with Gasteiger partial charge in [0.15, 0.2) is 17.1 Å². The number of carbonyl (C=O) groups is 1. The number of oxazole rings is 1. The Bertz CT molecular complexity index is 1400. The number of piperidine rings is 1. The summed E-state index contributed by atoms with van der Waals surface area (Å²) in [7, 11) is 0. The highest BCUT2D eigenvalue weighted by atomic mass is 19.1. The standard InChI is InChI=1S/C28H31FN6O4/c1-3-37-23-12-18(13-24(25(23)29)38-4-2)16-35-10-8-20(9-11-35)32-28-34-22-7-5-6-21(26(22)39-28)33-27(36)19-14-30-17-31-15-19/h5-7,12-15,17,20H,3-4,8-11,16H2,1-2H3,(H,32,34)(H,33,36). The molecule has 2 aromatic heterocycles. The Morgan fingerprint density at radius 2 is 1.79 bits per heavy atom. The molecule has 0 spiro atoms. The summed E-state index contributed by atoms with van der Waals surface area (Å²) in [6, 6.07) is 9.52. The monoisotopic (exact) mass is 534 g/mol. The lowest BCUT2D eigenvalue weighted by molar-refractivity contribution is 0.102. The van der Waals surface area contributed by atoms with Crippen molar-refractivity contribution in [3.63, 3.8) is 0 Å². The van der Waals surface area contributed by atoms with E-state index in [-0.39, 0.29) is 23.4 Å². The third-order valence-corrected chi connectivity index (χ3v) is 6.47. The molecule has 39 heavy (non-hydrogen) atoms. The van der Waals surface area contributed by atoms with E-state index in [0.717, 1.165) is 31.5 Å². The van der Waals surface area contributed by atoms with Gasteiger partial charge in [0.05, 0.1) is 24.5 Å². The van der Waals surface area contributed by atoms with Crippen LogP contribution in [0.4, 0.5) is 16.1 Å². The molecule has 1 amide bonds. The van der Waals surface area contributed by atoms with Gasteiger partial charge in [0.2, 0.25) is 5.82 Å². The first kappa shape index (κ1) is 26.4. The van der Waals surface area contributed by atoms with Crippen molar-refractivity contribution in [2.24, 2.45) is 0 Å². The molecule has 1 aliphatic rings. The quantitative estimate of drug-likeness (QED) is 0.294. The topological polar surface area (TPSA) is 115 Å². The average Bonchev–Trinajstić information content (AvgIpc) is 3.36. The number of rotatable bonds is 10. The first-order chi connectivity index (χ1) is 19.0. The molecule has 3 heterocycles. The number of ether oxygens (including phenoxy) is 2. The van der Waals surface area contributed by atoms with Crippen molar-refractivity contribution >= 4 is 28.7 Å². The highest BCUT2D eigenvalue weighted by Gasteiger charge is 2.23. The zero-order chi connectivity index (χ0) is 27.2. The number of carbonyl (C=O) groups excluding carboxylic acids is 1. The van der Waals surface area contributed by atoms with Crippen LogP contribution in [0.2, 0.25) is 0 Å². The third kappa shape index (κ3) is 6.26. The highest BCUT2D eigenvalue weighted by Crippen LogP contribution is 2.31. The molecule has 0 bridgehead atoms. The minimum Gasteiger partial charge on any atom is -0.491 e. The van der Waals surface area contributed by atoms with Gasteiger partial charge in [-0.1, -0.05) is 6.07 Å². The molecule has 0 atom stereocenters. The van der Waals surface area contributed by atoms with Gasteiger partial charge >= 0.3 is 0 Å². The van der Waals surface area contributed by atoms with Crippen LogP contribution in [0.15, 0.2) is 53.5 Å². The average molecular weight is 535 g/mol. The van der Waals surface area contributed by atoms with Crippen LogP contribution in [-0.2, 0) is 6.54 Å². The Balaban J connectivity index is 1.20. The third-order valence-electron chi connectivity index (χ3n) is 6.47. The van der Waals surface area contributed by atoms with E-state index in [1.54, 1.807) is 18.2 Å². The van der Waals surface area contributed by atoms with Gasteiger partial charge in [-0.15, -0.1) is 0 Å². The van der Waals surface area contributed by atoms with Crippen LogP contribution in [0.25, 0.3) is 11.1 Å². The number of anilines is 2. The molecule has 0 saturated carbocycles. The van der Waals surface area contributed by atoms with Crippen molar-refractivity contribution in [2.45, 2.75) is 39.3 Å². The van der Waals surface area contributed by atoms with Crippen molar-refractivity contribution < 1.29 is 23.1 Å². The Labute approximate surface area is 225 Å². The minimum absolute atomic E-state index is 0.181. The maximum atomic E-state index is 14.6. The summed E-state index contributed by atoms with van der Waals surface area (Å²) in [5.41, 5.74) is 2.96. The molecule has 1 fully saturated rings. The van der Waals surface area contributed by atoms with Gasteiger partial charge in [-0.2, -0.15) is 9.37 Å². The molecule has 5 rings (SSSR count). The van der Waals surface area contributed by atoms with Crippen LogP contribution < -0.4 is 20.1 Å². The predicted octanol–water partition coefficient (Wildman–Crippen LogP) is 4.88. The molecule has 4 aromatic rings. The minimum atomic E-state index is -0.458. The van der Waals surface area contributed by atoms with Crippen LogP contribution in [0, 0.1) is 5.82 Å². The Morgan fingerprint density at radius 1 is 1.10 bits per heavy atom. The smallest absolute Gasteiger partial charge is 0.295 e. The van der Waals surface area contributed by atoms with E-state index >= 15 is 0 Å². The van der Waals surface area contributed by atoms with Gasteiger partial charge < -0.3 is 24.5 Å². The molecule has 10 nitrogen and oxygen atoms in total.